The number of thiazole rings is 1. The highest BCUT2D eigenvalue weighted by atomic mass is 32.1. The van der Waals surface area contributed by atoms with E-state index >= 15 is 0 Å². The molecular formula is C19H17N3OS. The Balaban J connectivity index is 1.55. The van der Waals surface area contributed by atoms with E-state index in [-0.39, 0.29) is 0 Å². The molecule has 0 unspecified atom stereocenters. The number of rotatable bonds is 4. The molecule has 1 aliphatic carbocycles. The van der Waals surface area contributed by atoms with Crippen LogP contribution < -0.4 is 0 Å². The summed E-state index contributed by atoms with van der Waals surface area (Å²) in [6.45, 7) is 0.441. The van der Waals surface area contributed by atoms with Gasteiger partial charge in [0.1, 0.15) is 11.6 Å². The topological polar surface area (TPSA) is 47.4 Å². The maximum absolute atomic E-state index is 5.56. The second-order valence-corrected chi connectivity index (χ2v) is 6.69. The molecule has 4 nitrogen and oxygen atoms in total. The number of oxime groups is 1. The molecule has 0 aliphatic heterocycles. The number of hydrogen-bond donors (Lipinski definition) is 0. The number of benzene rings is 1. The lowest BCUT2D eigenvalue weighted by molar-refractivity contribution is 0.129. The van der Waals surface area contributed by atoms with Crippen LogP contribution in [-0.4, -0.2) is 15.7 Å². The molecule has 5 heteroatoms. The summed E-state index contributed by atoms with van der Waals surface area (Å²) in [6.07, 6.45) is 6.58. The van der Waals surface area contributed by atoms with Gasteiger partial charge in [-0.25, -0.2) is 4.98 Å². The van der Waals surface area contributed by atoms with Gasteiger partial charge < -0.3 is 4.84 Å². The standard InChI is InChI=1S/C19H17N3OS/c1-2-7-15(8-3-1)19-21-16-9-4-10-17(18(16)24-19)22-23-13-14-6-5-11-20-12-14/h1-3,5-8,11-12H,4,9-10,13H2/b22-17-. The molecule has 120 valence electrons. The van der Waals surface area contributed by atoms with E-state index < -0.39 is 0 Å². The first kappa shape index (κ1) is 15.0. The van der Waals surface area contributed by atoms with Gasteiger partial charge in [-0.1, -0.05) is 41.6 Å². The molecule has 0 N–H and O–H groups in total. The van der Waals surface area contributed by atoms with Gasteiger partial charge in [0.25, 0.3) is 0 Å². The number of pyridine rings is 1. The maximum Gasteiger partial charge on any atom is 0.143 e. The fourth-order valence-corrected chi connectivity index (χ4v) is 3.87. The second-order valence-electron chi connectivity index (χ2n) is 5.69. The van der Waals surface area contributed by atoms with Crippen LogP contribution >= 0.6 is 11.3 Å². The molecule has 0 spiro atoms. The first-order chi connectivity index (χ1) is 11.9. The van der Waals surface area contributed by atoms with Gasteiger partial charge in [0.05, 0.1) is 16.3 Å². The van der Waals surface area contributed by atoms with Gasteiger partial charge in [0.2, 0.25) is 0 Å². The highest BCUT2D eigenvalue weighted by Crippen LogP contribution is 2.33. The Morgan fingerprint density at radius 3 is 2.83 bits per heavy atom. The Hall–Kier alpha value is -2.53. The molecule has 0 saturated carbocycles. The van der Waals surface area contributed by atoms with Gasteiger partial charge in [0.15, 0.2) is 0 Å². The lowest BCUT2D eigenvalue weighted by Crippen LogP contribution is -2.10. The van der Waals surface area contributed by atoms with Crippen molar-refractivity contribution in [1.29, 1.82) is 0 Å². The van der Waals surface area contributed by atoms with E-state index in [1.165, 1.54) is 4.88 Å². The minimum Gasteiger partial charge on any atom is -0.391 e. The predicted octanol–water partition coefficient (Wildman–Crippen LogP) is 4.46. The molecule has 0 saturated heterocycles. The van der Waals surface area contributed by atoms with Crippen LogP contribution in [0.4, 0.5) is 0 Å². The van der Waals surface area contributed by atoms with Crippen molar-refractivity contribution in [1.82, 2.24) is 9.97 Å². The monoisotopic (exact) mass is 335 g/mol. The summed E-state index contributed by atoms with van der Waals surface area (Å²) in [4.78, 5) is 15.6. The van der Waals surface area contributed by atoms with E-state index in [4.69, 9.17) is 9.82 Å². The summed E-state index contributed by atoms with van der Waals surface area (Å²) < 4.78 is 0. The average Bonchev–Trinajstić information content (AvgIpc) is 3.09. The first-order valence-corrected chi connectivity index (χ1v) is 8.85. The van der Waals surface area contributed by atoms with E-state index in [2.05, 4.69) is 22.3 Å². The normalized spacial score (nSPS) is 15.2. The van der Waals surface area contributed by atoms with Gasteiger partial charge in [-0.2, -0.15) is 0 Å². The maximum atomic E-state index is 5.56. The summed E-state index contributed by atoms with van der Waals surface area (Å²) in [5.41, 5.74) is 4.34. The molecule has 2 heterocycles. The highest BCUT2D eigenvalue weighted by molar-refractivity contribution is 7.17. The fourth-order valence-electron chi connectivity index (χ4n) is 2.74. The van der Waals surface area contributed by atoms with Crippen LogP contribution in [0.25, 0.3) is 10.6 Å². The van der Waals surface area contributed by atoms with Crippen LogP contribution in [0.5, 0.6) is 0 Å². The molecule has 2 aromatic heterocycles. The summed E-state index contributed by atoms with van der Waals surface area (Å²) in [5, 5.41) is 5.44. The molecule has 1 aromatic carbocycles. The van der Waals surface area contributed by atoms with Crippen molar-refractivity contribution in [3.63, 3.8) is 0 Å². The summed E-state index contributed by atoms with van der Waals surface area (Å²) in [7, 11) is 0. The Labute approximate surface area is 144 Å². The zero-order valence-electron chi connectivity index (χ0n) is 13.2. The minimum atomic E-state index is 0.441. The molecule has 0 atom stereocenters. The molecule has 4 rings (SSSR count). The van der Waals surface area contributed by atoms with Crippen molar-refractivity contribution < 1.29 is 4.84 Å². The quantitative estimate of drug-likeness (QED) is 0.661. The smallest absolute Gasteiger partial charge is 0.143 e. The summed E-state index contributed by atoms with van der Waals surface area (Å²) in [6, 6.07) is 14.2. The number of hydrogen-bond acceptors (Lipinski definition) is 5. The third-order valence-corrected chi connectivity index (χ3v) is 5.13. The van der Waals surface area contributed by atoms with Gasteiger partial charge in [-0.3, -0.25) is 4.98 Å². The van der Waals surface area contributed by atoms with Crippen LogP contribution in [0.2, 0.25) is 0 Å². The van der Waals surface area contributed by atoms with Crippen molar-refractivity contribution in [2.75, 3.05) is 0 Å². The molecule has 3 aromatic rings. The van der Waals surface area contributed by atoms with E-state index in [1.807, 2.05) is 30.3 Å². The van der Waals surface area contributed by atoms with Crippen molar-refractivity contribution in [3.8, 4) is 10.6 Å². The van der Waals surface area contributed by atoms with Gasteiger partial charge in [0, 0.05) is 23.5 Å². The van der Waals surface area contributed by atoms with Crippen LogP contribution in [0.15, 0.2) is 60.0 Å². The van der Waals surface area contributed by atoms with Crippen molar-refractivity contribution >= 4 is 17.0 Å². The SMILES string of the molecule is c1ccc(-c2nc3c(s2)/C(=N\OCc2cccnc2)CCC3)cc1. The van der Waals surface area contributed by atoms with Crippen molar-refractivity contribution in [3.05, 3.63) is 71.0 Å². The molecule has 0 bridgehead atoms. The Morgan fingerprint density at radius 2 is 2.00 bits per heavy atom. The zero-order valence-corrected chi connectivity index (χ0v) is 14.0. The summed E-state index contributed by atoms with van der Waals surface area (Å²) >= 11 is 1.71. The van der Waals surface area contributed by atoms with Crippen molar-refractivity contribution in [2.24, 2.45) is 5.16 Å². The first-order valence-electron chi connectivity index (χ1n) is 8.03. The van der Waals surface area contributed by atoms with Gasteiger partial charge >= 0.3 is 0 Å². The van der Waals surface area contributed by atoms with E-state index in [9.17, 15) is 0 Å². The number of aromatic nitrogens is 2. The minimum absolute atomic E-state index is 0.441. The third-order valence-electron chi connectivity index (χ3n) is 3.94. The summed E-state index contributed by atoms with van der Waals surface area (Å²) in [5.74, 6) is 0. The van der Waals surface area contributed by atoms with Crippen molar-refractivity contribution in [2.45, 2.75) is 25.9 Å². The molecule has 24 heavy (non-hydrogen) atoms. The van der Waals surface area contributed by atoms with Crippen LogP contribution in [0.3, 0.4) is 0 Å². The third kappa shape index (κ3) is 3.21. The molecule has 0 fully saturated rings. The highest BCUT2D eigenvalue weighted by Gasteiger charge is 2.22. The van der Waals surface area contributed by atoms with Gasteiger partial charge in [-0.15, -0.1) is 11.3 Å². The molecule has 0 radical (unpaired) electrons. The van der Waals surface area contributed by atoms with E-state index in [0.29, 0.717) is 6.61 Å². The zero-order chi connectivity index (χ0) is 16.2. The molecular weight excluding hydrogens is 318 g/mol. The fraction of sp³-hybridized carbons (Fsp3) is 0.211. The molecule has 1 aliphatic rings. The largest absolute Gasteiger partial charge is 0.391 e. The molecule has 0 amide bonds. The Morgan fingerprint density at radius 1 is 1.08 bits per heavy atom. The Kier molecular flexibility index (Phi) is 4.34. The Bertz CT molecular complexity index is 844. The lowest BCUT2D eigenvalue weighted by atomic mass is 10.0. The number of aryl methyl sites for hydroxylation is 1. The number of nitrogens with zero attached hydrogens (tertiary/aromatic N) is 3. The second kappa shape index (κ2) is 6.93. The van der Waals surface area contributed by atoms with Gasteiger partial charge in [-0.05, 0) is 25.3 Å². The number of fused-ring (bicyclic) bond motifs is 1. The van der Waals surface area contributed by atoms with Crippen LogP contribution in [0.1, 0.15) is 29.0 Å². The average molecular weight is 335 g/mol. The van der Waals surface area contributed by atoms with E-state index in [1.54, 1.807) is 23.7 Å². The lowest BCUT2D eigenvalue weighted by Gasteiger charge is -2.11. The van der Waals surface area contributed by atoms with Crippen LogP contribution in [0, 0.1) is 0 Å². The van der Waals surface area contributed by atoms with E-state index in [0.717, 1.165) is 46.8 Å². The van der Waals surface area contributed by atoms with Crippen LogP contribution in [-0.2, 0) is 17.9 Å². The predicted molar refractivity (Wildman–Crippen MR) is 96.1 cm³/mol.